The molecule has 4 rings (SSSR count). The molecule has 0 radical (unpaired) electrons. The van der Waals surface area contributed by atoms with Crippen LogP contribution in [0.15, 0.2) is 74.9 Å². The second kappa shape index (κ2) is 7.05. The van der Waals surface area contributed by atoms with E-state index >= 15 is 0 Å². The Balaban J connectivity index is 1.79. The lowest BCUT2D eigenvalue weighted by atomic mass is 10.1. The van der Waals surface area contributed by atoms with Gasteiger partial charge in [0.2, 0.25) is 0 Å². The summed E-state index contributed by atoms with van der Waals surface area (Å²) in [6.07, 6.45) is 1.68. The summed E-state index contributed by atoms with van der Waals surface area (Å²) in [5.41, 5.74) is 5.26. The Labute approximate surface area is 156 Å². The van der Waals surface area contributed by atoms with E-state index in [0.29, 0.717) is 4.57 Å². The molecule has 8 nitrogen and oxygen atoms in total. The van der Waals surface area contributed by atoms with Crippen LogP contribution in [0.3, 0.4) is 0 Å². The van der Waals surface area contributed by atoms with Crippen LogP contribution in [-0.2, 0) is 0 Å². The summed E-state index contributed by atoms with van der Waals surface area (Å²) in [6, 6.07) is 11.6. The van der Waals surface area contributed by atoms with E-state index in [9.17, 15) is 14.0 Å². The summed E-state index contributed by atoms with van der Waals surface area (Å²) in [4.78, 5) is 33.0. The number of nitrogens with two attached hydrogens (primary N) is 1. The number of fused-ring (bicyclic) bond motifs is 1. The van der Waals surface area contributed by atoms with Crippen LogP contribution in [0.25, 0.3) is 11.0 Å². The zero-order valence-electron chi connectivity index (χ0n) is 14.3. The zero-order chi connectivity index (χ0) is 19.7. The molecule has 0 aliphatic rings. The van der Waals surface area contributed by atoms with Gasteiger partial charge in [0.1, 0.15) is 23.3 Å². The third-order valence-corrected chi connectivity index (χ3v) is 4.05. The first kappa shape index (κ1) is 17.6. The largest absolute Gasteiger partial charge is 0.424 e. The predicted molar refractivity (Wildman–Crippen MR) is 97.6 cm³/mol. The fraction of sp³-hybridized carbons (Fsp3) is 0.0526. The van der Waals surface area contributed by atoms with E-state index in [1.165, 1.54) is 48.8 Å². The highest BCUT2D eigenvalue weighted by molar-refractivity contribution is 5.77. The molecule has 9 heteroatoms. The third kappa shape index (κ3) is 3.14. The van der Waals surface area contributed by atoms with Gasteiger partial charge in [-0.05, 0) is 24.3 Å². The van der Waals surface area contributed by atoms with E-state index in [-0.39, 0.29) is 28.3 Å². The second-order valence-electron chi connectivity index (χ2n) is 5.80. The van der Waals surface area contributed by atoms with E-state index in [0.717, 1.165) is 0 Å². The second-order valence-corrected chi connectivity index (χ2v) is 5.80. The van der Waals surface area contributed by atoms with Gasteiger partial charge in [-0.2, -0.15) is 0 Å². The average Bonchev–Trinajstić information content (AvgIpc) is 2.69. The summed E-state index contributed by atoms with van der Waals surface area (Å²) in [7, 11) is 0. The SMILES string of the molecule is NC(c1ccccc1F)n1c(=O)oc2cc(Oc3ncccn3)ccc2c1=O. The van der Waals surface area contributed by atoms with Crippen molar-refractivity contribution < 1.29 is 13.5 Å². The molecule has 0 spiro atoms. The van der Waals surface area contributed by atoms with E-state index in [2.05, 4.69) is 9.97 Å². The Hall–Kier alpha value is -3.85. The molecule has 4 aromatic rings. The predicted octanol–water partition coefficient (Wildman–Crippen LogP) is 2.18. The maximum atomic E-state index is 14.0. The molecule has 140 valence electrons. The van der Waals surface area contributed by atoms with Crippen LogP contribution in [0.4, 0.5) is 4.39 Å². The molecule has 0 aliphatic carbocycles. The molecule has 0 bridgehead atoms. The lowest BCUT2D eigenvalue weighted by Gasteiger charge is -2.15. The maximum Gasteiger partial charge on any atom is 0.423 e. The Morgan fingerprint density at radius 2 is 1.82 bits per heavy atom. The molecule has 1 atom stereocenters. The number of ether oxygens (including phenoxy) is 1. The highest BCUT2D eigenvalue weighted by Crippen LogP contribution is 2.22. The Bertz CT molecular complexity index is 1270. The average molecular weight is 380 g/mol. The van der Waals surface area contributed by atoms with Crippen LogP contribution >= 0.6 is 0 Å². The van der Waals surface area contributed by atoms with E-state index < -0.39 is 23.3 Å². The van der Waals surface area contributed by atoms with Crippen LogP contribution in [0, 0.1) is 5.82 Å². The Morgan fingerprint density at radius 3 is 2.57 bits per heavy atom. The number of hydrogen-bond acceptors (Lipinski definition) is 7. The van der Waals surface area contributed by atoms with Crippen molar-refractivity contribution in [2.24, 2.45) is 5.73 Å². The minimum absolute atomic E-state index is 0.000384. The van der Waals surface area contributed by atoms with Gasteiger partial charge in [0.15, 0.2) is 0 Å². The first-order valence-corrected chi connectivity index (χ1v) is 8.19. The van der Waals surface area contributed by atoms with Gasteiger partial charge < -0.3 is 14.9 Å². The van der Waals surface area contributed by atoms with Gasteiger partial charge in [-0.3, -0.25) is 4.79 Å². The van der Waals surface area contributed by atoms with Crippen LogP contribution in [-0.4, -0.2) is 14.5 Å². The standard InChI is InChI=1S/C19H13FN4O4/c20-14-5-2-1-4-12(14)16(21)24-17(25)13-7-6-11(10-15(13)28-19(24)26)27-18-22-8-3-9-23-18/h1-10,16H,21H2. The highest BCUT2D eigenvalue weighted by Gasteiger charge is 2.20. The van der Waals surface area contributed by atoms with Gasteiger partial charge in [0.05, 0.1) is 5.39 Å². The van der Waals surface area contributed by atoms with Crippen LogP contribution in [0.5, 0.6) is 11.8 Å². The van der Waals surface area contributed by atoms with Crippen LogP contribution in [0.1, 0.15) is 11.7 Å². The van der Waals surface area contributed by atoms with Gasteiger partial charge in [0, 0.05) is 24.0 Å². The van der Waals surface area contributed by atoms with Gasteiger partial charge in [0.25, 0.3) is 5.56 Å². The minimum Gasteiger partial charge on any atom is -0.424 e. The topological polar surface area (TPSA) is 113 Å². The fourth-order valence-corrected chi connectivity index (χ4v) is 2.72. The first-order valence-electron chi connectivity index (χ1n) is 8.19. The van der Waals surface area contributed by atoms with Crippen molar-refractivity contribution in [1.82, 2.24) is 14.5 Å². The molecule has 2 aromatic heterocycles. The molecule has 28 heavy (non-hydrogen) atoms. The lowest BCUT2D eigenvalue weighted by Crippen LogP contribution is -2.40. The number of hydrogen-bond donors (Lipinski definition) is 1. The van der Waals surface area contributed by atoms with Crippen molar-refractivity contribution in [3.8, 4) is 11.8 Å². The number of rotatable bonds is 4. The third-order valence-electron chi connectivity index (χ3n) is 4.05. The monoisotopic (exact) mass is 380 g/mol. The molecule has 0 saturated heterocycles. The lowest BCUT2D eigenvalue weighted by molar-refractivity contribution is 0.418. The van der Waals surface area contributed by atoms with Crippen molar-refractivity contribution in [2.45, 2.75) is 6.17 Å². The highest BCUT2D eigenvalue weighted by atomic mass is 19.1. The van der Waals surface area contributed by atoms with Gasteiger partial charge >= 0.3 is 11.8 Å². The molecule has 2 aromatic carbocycles. The summed E-state index contributed by atoms with van der Waals surface area (Å²) >= 11 is 0. The number of halogens is 1. The van der Waals surface area contributed by atoms with Gasteiger partial charge in [-0.15, -0.1) is 0 Å². The minimum atomic E-state index is -1.33. The molecule has 2 N–H and O–H groups in total. The quantitative estimate of drug-likeness (QED) is 0.577. The molecule has 1 unspecified atom stereocenters. The summed E-state index contributed by atoms with van der Waals surface area (Å²) in [5.74, 6) is -1.37. The Kier molecular flexibility index (Phi) is 4.42. The summed E-state index contributed by atoms with van der Waals surface area (Å²) < 4.78 is 25.4. The van der Waals surface area contributed by atoms with Crippen molar-refractivity contribution in [1.29, 1.82) is 0 Å². The van der Waals surface area contributed by atoms with Crippen molar-refractivity contribution in [2.75, 3.05) is 0 Å². The van der Waals surface area contributed by atoms with E-state index in [1.807, 2.05) is 0 Å². The smallest absolute Gasteiger partial charge is 0.423 e. The summed E-state index contributed by atoms with van der Waals surface area (Å²) in [6.45, 7) is 0. The van der Waals surface area contributed by atoms with Gasteiger partial charge in [-0.25, -0.2) is 23.7 Å². The van der Waals surface area contributed by atoms with Crippen molar-refractivity contribution >= 4 is 11.0 Å². The Morgan fingerprint density at radius 1 is 1.07 bits per heavy atom. The molecule has 0 amide bonds. The normalized spacial score (nSPS) is 12.1. The van der Waals surface area contributed by atoms with Crippen molar-refractivity contribution in [3.05, 3.63) is 93.2 Å². The maximum absolute atomic E-state index is 14.0. The molecular formula is C19H13FN4O4. The van der Waals surface area contributed by atoms with Crippen molar-refractivity contribution in [3.63, 3.8) is 0 Å². The van der Waals surface area contributed by atoms with E-state index in [1.54, 1.807) is 12.1 Å². The first-order chi connectivity index (χ1) is 13.5. The van der Waals surface area contributed by atoms with E-state index in [4.69, 9.17) is 14.9 Å². The molecular weight excluding hydrogens is 367 g/mol. The number of benzene rings is 2. The molecule has 0 fully saturated rings. The number of aromatic nitrogens is 3. The number of nitrogens with zero attached hydrogens (tertiary/aromatic N) is 3. The van der Waals surface area contributed by atoms with Gasteiger partial charge in [-0.1, -0.05) is 18.2 Å². The van der Waals surface area contributed by atoms with Crippen LogP contribution < -0.4 is 21.8 Å². The summed E-state index contributed by atoms with van der Waals surface area (Å²) in [5, 5.41) is 0.0905. The molecule has 0 aliphatic heterocycles. The zero-order valence-corrected chi connectivity index (χ0v) is 14.3. The molecule has 2 heterocycles. The molecule has 0 saturated carbocycles. The fourth-order valence-electron chi connectivity index (χ4n) is 2.72. The van der Waals surface area contributed by atoms with Crippen LogP contribution in [0.2, 0.25) is 0 Å².